The summed E-state index contributed by atoms with van der Waals surface area (Å²) in [5.41, 5.74) is 7.93. The van der Waals surface area contributed by atoms with E-state index in [1.165, 1.54) is 19.3 Å². The van der Waals surface area contributed by atoms with Gasteiger partial charge in [0.25, 0.3) is 0 Å². The first-order chi connectivity index (χ1) is 10.2. The molecule has 1 fully saturated rings. The summed E-state index contributed by atoms with van der Waals surface area (Å²) in [4.78, 5) is 12.0. The number of esters is 1. The van der Waals surface area contributed by atoms with Crippen LogP contribution in [0.5, 0.6) is 0 Å². The number of ether oxygens (including phenoxy) is 1. The monoisotopic (exact) mass is 290 g/mol. The van der Waals surface area contributed by atoms with Gasteiger partial charge in [-0.25, -0.2) is 4.79 Å². The molecule has 1 aromatic rings. The van der Waals surface area contributed by atoms with Gasteiger partial charge in [-0.3, -0.25) is 0 Å². The minimum Gasteiger partial charge on any atom is -0.462 e. The number of hydrogen-bond acceptors (Lipinski definition) is 4. The van der Waals surface area contributed by atoms with Crippen LogP contribution in [0.15, 0.2) is 18.2 Å². The molecule has 0 aromatic heterocycles. The Morgan fingerprint density at radius 3 is 2.62 bits per heavy atom. The van der Waals surface area contributed by atoms with Gasteiger partial charge in [0.1, 0.15) is 0 Å². The number of benzene rings is 1. The number of anilines is 2. The molecule has 1 aliphatic carbocycles. The van der Waals surface area contributed by atoms with Gasteiger partial charge in [0.15, 0.2) is 0 Å². The number of hydrogen-bond donors (Lipinski definition) is 2. The van der Waals surface area contributed by atoms with E-state index in [2.05, 4.69) is 12.2 Å². The quantitative estimate of drug-likeness (QED) is 0.639. The first-order valence-electron chi connectivity index (χ1n) is 7.97. The summed E-state index contributed by atoms with van der Waals surface area (Å²) < 4.78 is 5.11. The molecule has 116 valence electrons. The third kappa shape index (κ3) is 3.90. The smallest absolute Gasteiger partial charge is 0.340 e. The Hall–Kier alpha value is -1.71. The molecule has 0 heterocycles. The van der Waals surface area contributed by atoms with Gasteiger partial charge < -0.3 is 15.8 Å². The van der Waals surface area contributed by atoms with Crippen LogP contribution in [-0.4, -0.2) is 18.6 Å². The summed E-state index contributed by atoms with van der Waals surface area (Å²) in [6.45, 7) is 4.43. The molecule has 0 radical (unpaired) electrons. The maximum atomic E-state index is 12.0. The lowest BCUT2D eigenvalue weighted by atomic mass is 9.84. The molecule has 0 saturated heterocycles. The van der Waals surface area contributed by atoms with Crippen LogP contribution < -0.4 is 11.1 Å². The predicted octanol–water partition coefficient (Wildman–Crippen LogP) is 3.83. The van der Waals surface area contributed by atoms with Gasteiger partial charge in [-0.15, -0.1) is 0 Å². The normalized spacial score (nSPS) is 21.8. The topological polar surface area (TPSA) is 64.3 Å². The average molecular weight is 290 g/mol. The van der Waals surface area contributed by atoms with Crippen molar-refractivity contribution in [3.05, 3.63) is 23.8 Å². The molecule has 0 atom stereocenters. The molecule has 1 saturated carbocycles. The maximum Gasteiger partial charge on any atom is 0.340 e. The van der Waals surface area contributed by atoms with Crippen molar-refractivity contribution in [1.29, 1.82) is 0 Å². The summed E-state index contributed by atoms with van der Waals surface area (Å²) >= 11 is 0. The van der Waals surface area contributed by atoms with E-state index in [9.17, 15) is 4.79 Å². The fraction of sp³-hybridized carbons (Fsp3) is 0.588. The van der Waals surface area contributed by atoms with Crippen molar-refractivity contribution in [2.45, 2.75) is 52.0 Å². The summed E-state index contributed by atoms with van der Waals surface area (Å²) in [6.07, 6.45) is 6.02. The first-order valence-corrected chi connectivity index (χ1v) is 7.97. The zero-order valence-corrected chi connectivity index (χ0v) is 13.0. The maximum absolute atomic E-state index is 12.0. The van der Waals surface area contributed by atoms with Gasteiger partial charge >= 0.3 is 5.97 Å². The minimum atomic E-state index is -0.311. The number of nitrogens with two attached hydrogens (primary N) is 1. The first kappa shape index (κ1) is 15.7. The highest BCUT2D eigenvalue weighted by Gasteiger charge is 2.22. The second-order valence-corrected chi connectivity index (χ2v) is 5.76. The lowest BCUT2D eigenvalue weighted by Gasteiger charge is -2.30. The predicted molar refractivity (Wildman–Crippen MR) is 86.5 cm³/mol. The van der Waals surface area contributed by atoms with Gasteiger partial charge in [-0.1, -0.05) is 19.4 Å². The summed E-state index contributed by atoms with van der Waals surface area (Å²) in [6, 6.07) is 5.78. The number of carbonyl (C=O) groups excluding carboxylic acids is 1. The number of nitrogen functional groups attached to an aromatic ring is 1. The van der Waals surface area contributed by atoms with E-state index in [0.29, 0.717) is 23.9 Å². The molecule has 0 spiro atoms. The number of para-hydroxylation sites is 1. The lowest BCUT2D eigenvalue weighted by Crippen LogP contribution is -2.27. The Labute approximate surface area is 127 Å². The molecular formula is C17H26N2O2. The molecular weight excluding hydrogens is 264 g/mol. The van der Waals surface area contributed by atoms with Crippen LogP contribution in [0.3, 0.4) is 0 Å². The van der Waals surface area contributed by atoms with Crippen LogP contribution >= 0.6 is 0 Å². The molecule has 0 bridgehead atoms. The Balaban J connectivity index is 2.10. The van der Waals surface area contributed by atoms with Crippen LogP contribution in [0, 0.1) is 5.92 Å². The Morgan fingerprint density at radius 2 is 2.00 bits per heavy atom. The lowest BCUT2D eigenvalue weighted by molar-refractivity contribution is 0.0527. The largest absolute Gasteiger partial charge is 0.462 e. The van der Waals surface area contributed by atoms with Crippen molar-refractivity contribution >= 4 is 17.3 Å². The molecule has 21 heavy (non-hydrogen) atoms. The third-order valence-electron chi connectivity index (χ3n) is 4.36. The molecule has 1 aromatic carbocycles. The molecule has 1 aliphatic rings. The van der Waals surface area contributed by atoms with Crippen molar-refractivity contribution in [1.82, 2.24) is 0 Å². The minimum absolute atomic E-state index is 0.311. The van der Waals surface area contributed by atoms with Gasteiger partial charge in [0.2, 0.25) is 0 Å². The zero-order chi connectivity index (χ0) is 15.2. The Morgan fingerprint density at radius 1 is 1.29 bits per heavy atom. The van der Waals surface area contributed by atoms with Crippen molar-refractivity contribution in [3.8, 4) is 0 Å². The molecule has 3 N–H and O–H groups in total. The van der Waals surface area contributed by atoms with E-state index in [-0.39, 0.29) is 5.97 Å². The van der Waals surface area contributed by atoms with Crippen LogP contribution in [0.1, 0.15) is 56.3 Å². The van der Waals surface area contributed by atoms with E-state index in [1.807, 2.05) is 13.0 Å². The fourth-order valence-corrected chi connectivity index (χ4v) is 3.03. The third-order valence-corrected chi connectivity index (χ3v) is 4.36. The molecule has 0 aliphatic heterocycles. The molecule has 4 heteroatoms. The summed E-state index contributed by atoms with van der Waals surface area (Å²) in [5.74, 6) is 0.537. The van der Waals surface area contributed by atoms with Gasteiger partial charge in [0.05, 0.1) is 23.5 Å². The number of nitrogens with one attached hydrogen (secondary N) is 1. The molecule has 2 rings (SSSR count). The van der Waals surface area contributed by atoms with Gasteiger partial charge in [-0.2, -0.15) is 0 Å². The van der Waals surface area contributed by atoms with Crippen LogP contribution in [-0.2, 0) is 4.74 Å². The van der Waals surface area contributed by atoms with Gasteiger partial charge in [0, 0.05) is 6.04 Å². The zero-order valence-electron chi connectivity index (χ0n) is 13.0. The molecule has 4 nitrogen and oxygen atoms in total. The van der Waals surface area contributed by atoms with Crippen molar-refractivity contribution in [3.63, 3.8) is 0 Å². The highest BCUT2D eigenvalue weighted by Crippen LogP contribution is 2.31. The van der Waals surface area contributed by atoms with E-state index in [4.69, 9.17) is 10.5 Å². The average Bonchev–Trinajstić information content (AvgIpc) is 2.50. The highest BCUT2D eigenvalue weighted by atomic mass is 16.5. The van der Waals surface area contributed by atoms with E-state index in [1.54, 1.807) is 12.1 Å². The second-order valence-electron chi connectivity index (χ2n) is 5.76. The highest BCUT2D eigenvalue weighted by molar-refractivity contribution is 5.98. The second kappa shape index (κ2) is 7.34. The van der Waals surface area contributed by atoms with Gasteiger partial charge in [-0.05, 0) is 50.7 Å². The summed E-state index contributed by atoms with van der Waals surface area (Å²) in [7, 11) is 0. The van der Waals surface area contributed by atoms with Crippen LogP contribution in [0.4, 0.5) is 11.4 Å². The van der Waals surface area contributed by atoms with Crippen molar-refractivity contribution < 1.29 is 9.53 Å². The van der Waals surface area contributed by atoms with Crippen molar-refractivity contribution in [2.24, 2.45) is 5.92 Å². The summed E-state index contributed by atoms with van der Waals surface area (Å²) in [5, 5.41) is 3.48. The van der Waals surface area contributed by atoms with E-state index >= 15 is 0 Å². The standard InChI is InChI=1S/C17H26N2O2/c1-3-12-8-10-13(11-9-12)19-16-14(17(20)21-4-2)6-5-7-15(16)18/h5-7,12-13,19H,3-4,8-11,18H2,1-2H3. The molecule has 0 amide bonds. The number of rotatable bonds is 5. The Bertz CT molecular complexity index is 480. The van der Waals surface area contributed by atoms with Crippen LogP contribution in [0.2, 0.25) is 0 Å². The SMILES string of the molecule is CCOC(=O)c1cccc(N)c1NC1CCC(CC)CC1. The van der Waals surface area contributed by atoms with Crippen LogP contribution in [0.25, 0.3) is 0 Å². The molecule has 0 unspecified atom stereocenters. The van der Waals surface area contributed by atoms with E-state index < -0.39 is 0 Å². The Kier molecular flexibility index (Phi) is 5.48. The number of carbonyl (C=O) groups is 1. The van der Waals surface area contributed by atoms with Crippen molar-refractivity contribution in [2.75, 3.05) is 17.7 Å². The van der Waals surface area contributed by atoms with E-state index in [0.717, 1.165) is 24.4 Å². The fourth-order valence-electron chi connectivity index (χ4n) is 3.03.